The zero-order chi connectivity index (χ0) is 9.14. The van der Waals surface area contributed by atoms with Gasteiger partial charge in [-0.05, 0) is 21.0 Å². The van der Waals surface area contributed by atoms with Crippen LogP contribution in [0.5, 0.6) is 0 Å². The third kappa shape index (κ3) is 2.71. The van der Waals surface area contributed by atoms with E-state index in [-0.39, 0.29) is 12.1 Å². The van der Waals surface area contributed by atoms with Crippen molar-refractivity contribution in [3.63, 3.8) is 0 Å². The molecule has 0 aromatic rings. The quantitative estimate of drug-likeness (QED) is 0.578. The lowest BCUT2D eigenvalue weighted by atomic mass is 10.2. The monoisotopic (exact) mass is 174 g/mol. The number of morpholine rings is 1. The standard InChI is InChI=1S/C8H18N2O2/c1-6-5-12-7(4-10(2)3)8(11)9-6/h6-9,11H,4-5H2,1-3H3. The van der Waals surface area contributed by atoms with Crippen molar-refractivity contribution in [2.75, 3.05) is 27.2 Å². The number of hydrogen-bond acceptors (Lipinski definition) is 4. The first-order valence-corrected chi connectivity index (χ1v) is 4.30. The minimum atomic E-state index is -0.531. The second-order valence-corrected chi connectivity index (χ2v) is 3.65. The first-order chi connectivity index (χ1) is 5.59. The van der Waals surface area contributed by atoms with E-state index >= 15 is 0 Å². The third-order valence-corrected chi connectivity index (χ3v) is 1.91. The maximum Gasteiger partial charge on any atom is 0.132 e. The van der Waals surface area contributed by atoms with Crippen molar-refractivity contribution in [1.29, 1.82) is 0 Å². The van der Waals surface area contributed by atoms with E-state index in [4.69, 9.17) is 4.74 Å². The highest BCUT2D eigenvalue weighted by Gasteiger charge is 2.26. The van der Waals surface area contributed by atoms with E-state index in [0.717, 1.165) is 6.54 Å². The Bertz CT molecular complexity index is 141. The largest absolute Gasteiger partial charge is 0.376 e. The number of ether oxygens (including phenoxy) is 1. The van der Waals surface area contributed by atoms with Gasteiger partial charge in [-0.2, -0.15) is 0 Å². The minimum Gasteiger partial charge on any atom is -0.376 e. The molecular formula is C8H18N2O2. The van der Waals surface area contributed by atoms with Crippen molar-refractivity contribution in [2.45, 2.75) is 25.3 Å². The molecule has 3 atom stereocenters. The zero-order valence-corrected chi connectivity index (χ0v) is 7.95. The average Bonchev–Trinajstić information content (AvgIpc) is 1.94. The van der Waals surface area contributed by atoms with Gasteiger partial charge in [-0.25, -0.2) is 0 Å². The fraction of sp³-hybridized carbons (Fsp3) is 1.00. The van der Waals surface area contributed by atoms with Gasteiger partial charge in [0.1, 0.15) is 12.3 Å². The molecule has 0 aromatic carbocycles. The van der Waals surface area contributed by atoms with Gasteiger partial charge >= 0.3 is 0 Å². The topological polar surface area (TPSA) is 44.7 Å². The molecule has 2 N–H and O–H groups in total. The average molecular weight is 174 g/mol. The summed E-state index contributed by atoms with van der Waals surface area (Å²) in [6.45, 7) is 3.42. The molecule has 1 aliphatic heterocycles. The van der Waals surface area contributed by atoms with Crippen LogP contribution in [0.2, 0.25) is 0 Å². The van der Waals surface area contributed by atoms with E-state index in [2.05, 4.69) is 5.32 Å². The number of nitrogens with zero attached hydrogens (tertiary/aromatic N) is 1. The van der Waals surface area contributed by atoms with E-state index in [0.29, 0.717) is 6.61 Å². The van der Waals surface area contributed by atoms with Gasteiger partial charge < -0.3 is 14.7 Å². The fourth-order valence-electron chi connectivity index (χ4n) is 1.32. The van der Waals surface area contributed by atoms with Crippen molar-refractivity contribution in [1.82, 2.24) is 10.2 Å². The highest BCUT2D eigenvalue weighted by molar-refractivity contribution is 4.78. The molecule has 1 heterocycles. The van der Waals surface area contributed by atoms with Gasteiger partial charge in [-0.1, -0.05) is 0 Å². The van der Waals surface area contributed by atoms with E-state index in [1.807, 2.05) is 25.9 Å². The van der Waals surface area contributed by atoms with Crippen molar-refractivity contribution < 1.29 is 9.84 Å². The van der Waals surface area contributed by atoms with Crippen LogP contribution in [0.25, 0.3) is 0 Å². The Morgan fingerprint density at radius 2 is 2.25 bits per heavy atom. The normalized spacial score (nSPS) is 37.2. The second kappa shape index (κ2) is 4.18. The Labute approximate surface area is 73.5 Å². The molecular weight excluding hydrogens is 156 g/mol. The number of rotatable bonds is 2. The first-order valence-electron chi connectivity index (χ1n) is 4.30. The Morgan fingerprint density at radius 3 is 2.75 bits per heavy atom. The van der Waals surface area contributed by atoms with Gasteiger partial charge in [-0.15, -0.1) is 0 Å². The van der Waals surface area contributed by atoms with Gasteiger partial charge in [-0.3, -0.25) is 5.32 Å². The van der Waals surface area contributed by atoms with Crippen LogP contribution in [0.4, 0.5) is 0 Å². The molecule has 12 heavy (non-hydrogen) atoms. The Kier molecular flexibility index (Phi) is 3.46. The van der Waals surface area contributed by atoms with Crippen LogP contribution in [0.1, 0.15) is 6.92 Å². The summed E-state index contributed by atoms with van der Waals surface area (Å²) in [5.41, 5.74) is 0. The SMILES string of the molecule is CC1COC(CN(C)C)C(O)N1. The van der Waals surface area contributed by atoms with Crippen LogP contribution in [0.15, 0.2) is 0 Å². The van der Waals surface area contributed by atoms with Gasteiger partial charge in [0.25, 0.3) is 0 Å². The van der Waals surface area contributed by atoms with E-state index < -0.39 is 6.23 Å². The lowest BCUT2D eigenvalue weighted by molar-refractivity contribution is -0.105. The lowest BCUT2D eigenvalue weighted by Gasteiger charge is -2.34. The highest BCUT2D eigenvalue weighted by atomic mass is 16.5. The van der Waals surface area contributed by atoms with Crippen molar-refractivity contribution in [3.05, 3.63) is 0 Å². The molecule has 1 fully saturated rings. The molecule has 4 heteroatoms. The van der Waals surface area contributed by atoms with Crippen LogP contribution < -0.4 is 5.32 Å². The Balaban J connectivity index is 2.34. The van der Waals surface area contributed by atoms with Crippen LogP contribution in [-0.2, 0) is 4.74 Å². The number of aliphatic hydroxyl groups excluding tert-OH is 1. The molecule has 1 aliphatic rings. The highest BCUT2D eigenvalue weighted by Crippen LogP contribution is 2.06. The molecule has 0 amide bonds. The molecule has 1 rings (SSSR count). The molecule has 72 valence electrons. The molecule has 0 saturated carbocycles. The molecule has 0 spiro atoms. The molecule has 0 radical (unpaired) electrons. The van der Waals surface area contributed by atoms with Crippen molar-refractivity contribution >= 4 is 0 Å². The maximum atomic E-state index is 9.53. The lowest BCUT2D eigenvalue weighted by Crippen LogP contribution is -2.55. The fourth-order valence-corrected chi connectivity index (χ4v) is 1.32. The Hall–Kier alpha value is -0.160. The van der Waals surface area contributed by atoms with Crippen LogP contribution in [0, 0.1) is 0 Å². The summed E-state index contributed by atoms with van der Waals surface area (Å²) < 4.78 is 5.46. The van der Waals surface area contributed by atoms with Gasteiger partial charge in [0.05, 0.1) is 6.61 Å². The summed E-state index contributed by atoms with van der Waals surface area (Å²) in [6.07, 6.45) is -0.632. The summed E-state index contributed by atoms with van der Waals surface area (Å²) in [5, 5.41) is 12.6. The number of likely N-dealkylation sites (N-methyl/N-ethyl adjacent to an activating group) is 1. The molecule has 3 unspecified atom stereocenters. The summed E-state index contributed by atoms with van der Waals surface area (Å²) in [6, 6.07) is 0.249. The number of aliphatic hydroxyl groups is 1. The summed E-state index contributed by atoms with van der Waals surface area (Å²) in [5.74, 6) is 0. The van der Waals surface area contributed by atoms with Gasteiger partial charge in [0.2, 0.25) is 0 Å². The summed E-state index contributed by atoms with van der Waals surface area (Å²) in [7, 11) is 3.93. The second-order valence-electron chi connectivity index (χ2n) is 3.65. The smallest absolute Gasteiger partial charge is 0.132 e. The maximum absolute atomic E-state index is 9.53. The molecule has 0 aromatic heterocycles. The molecule has 4 nitrogen and oxygen atoms in total. The summed E-state index contributed by atoms with van der Waals surface area (Å²) >= 11 is 0. The zero-order valence-electron chi connectivity index (χ0n) is 7.95. The summed E-state index contributed by atoms with van der Waals surface area (Å²) in [4.78, 5) is 2.01. The number of nitrogens with one attached hydrogen (secondary N) is 1. The van der Waals surface area contributed by atoms with Crippen LogP contribution in [0.3, 0.4) is 0 Å². The Morgan fingerprint density at radius 1 is 1.58 bits per heavy atom. The van der Waals surface area contributed by atoms with Crippen molar-refractivity contribution in [2.24, 2.45) is 0 Å². The van der Waals surface area contributed by atoms with E-state index in [1.165, 1.54) is 0 Å². The molecule has 0 aliphatic carbocycles. The van der Waals surface area contributed by atoms with Crippen LogP contribution in [-0.4, -0.2) is 55.6 Å². The van der Waals surface area contributed by atoms with Crippen molar-refractivity contribution in [3.8, 4) is 0 Å². The van der Waals surface area contributed by atoms with Gasteiger partial charge in [0.15, 0.2) is 0 Å². The molecule has 1 saturated heterocycles. The van der Waals surface area contributed by atoms with E-state index in [9.17, 15) is 5.11 Å². The predicted octanol–water partition coefficient (Wildman–Crippen LogP) is -0.757. The van der Waals surface area contributed by atoms with Crippen LogP contribution >= 0.6 is 0 Å². The third-order valence-electron chi connectivity index (χ3n) is 1.91. The minimum absolute atomic E-state index is 0.101. The van der Waals surface area contributed by atoms with E-state index in [1.54, 1.807) is 0 Å². The molecule has 0 bridgehead atoms. The predicted molar refractivity (Wildman–Crippen MR) is 46.9 cm³/mol. The first kappa shape index (κ1) is 9.92. The number of hydrogen-bond donors (Lipinski definition) is 2. The van der Waals surface area contributed by atoms with Gasteiger partial charge in [0, 0.05) is 12.6 Å².